The van der Waals surface area contributed by atoms with E-state index in [2.05, 4.69) is 6.92 Å². The first-order valence-corrected chi connectivity index (χ1v) is 6.45. The van der Waals surface area contributed by atoms with Gasteiger partial charge < -0.3 is 4.74 Å². The topological polar surface area (TPSA) is 52.4 Å². The van der Waals surface area contributed by atoms with E-state index < -0.39 is 6.04 Å². The average Bonchev–Trinajstić information content (AvgIpc) is 2.41. The molecule has 0 amide bonds. The zero-order chi connectivity index (χ0) is 14.0. The molecule has 1 aliphatic rings. The van der Waals surface area contributed by atoms with Crippen molar-refractivity contribution in [3.05, 3.63) is 51.1 Å². The van der Waals surface area contributed by atoms with Gasteiger partial charge in [0.25, 0.3) is 0 Å². The van der Waals surface area contributed by atoms with Crippen molar-refractivity contribution in [3.8, 4) is 5.75 Å². The van der Waals surface area contributed by atoms with Crippen LogP contribution in [0.1, 0.15) is 38.2 Å². The van der Waals surface area contributed by atoms with E-state index in [-0.39, 0.29) is 10.8 Å². The number of ether oxygens (including phenoxy) is 1. The normalized spacial score (nSPS) is 23.3. The SMILES string of the molecule is COc1ccc([C@H]2CC(C)=C(C)C[C@@H]2[N+](=O)[O-])cc1. The Morgan fingerprint density at radius 2 is 1.74 bits per heavy atom. The first-order chi connectivity index (χ1) is 9.02. The first kappa shape index (κ1) is 13.6. The van der Waals surface area contributed by atoms with E-state index in [9.17, 15) is 10.1 Å². The van der Waals surface area contributed by atoms with E-state index in [4.69, 9.17) is 4.74 Å². The third-order valence-electron chi connectivity index (χ3n) is 4.05. The number of hydrogen-bond acceptors (Lipinski definition) is 3. The lowest BCUT2D eigenvalue weighted by molar-refractivity contribution is -0.527. The van der Waals surface area contributed by atoms with Crippen LogP contribution in [0.15, 0.2) is 35.4 Å². The maximum absolute atomic E-state index is 11.3. The van der Waals surface area contributed by atoms with Gasteiger partial charge in [0.15, 0.2) is 0 Å². The van der Waals surface area contributed by atoms with Gasteiger partial charge in [-0.15, -0.1) is 0 Å². The Bertz CT molecular complexity index is 505. The zero-order valence-corrected chi connectivity index (χ0v) is 11.6. The molecule has 102 valence electrons. The number of allylic oxidation sites excluding steroid dienone is 1. The Labute approximate surface area is 113 Å². The Morgan fingerprint density at radius 3 is 2.26 bits per heavy atom. The largest absolute Gasteiger partial charge is 0.497 e. The van der Waals surface area contributed by atoms with Crippen LogP contribution >= 0.6 is 0 Å². The predicted octanol–water partition coefficient (Wildman–Crippen LogP) is 3.55. The zero-order valence-electron chi connectivity index (χ0n) is 11.6. The number of hydrogen-bond donors (Lipinski definition) is 0. The molecule has 0 radical (unpaired) electrons. The van der Waals surface area contributed by atoms with Crippen molar-refractivity contribution in [3.63, 3.8) is 0 Å². The maximum atomic E-state index is 11.3. The van der Waals surface area contributed by atoms with E-state index in [1.165, 1.54) is 5.57 Å². The van der Waals surface area contributed by atoms with Crippen molar-refractivity contribution < 1.29 is 9.66 Å². The van der Waals surface area contributed by atoms with Gasteiger partial charge in [-0.05, 0) is 38.0 Å². The summed E-state index contributed by atoms with van der Waals surface area (Å²) in [4.78, 5) is 11.1. The minimum Gasteiger partial charge on any atom is -0.497 e. The van der Waals surface area contributed by atoms with Crippen molar-refractivity contribution >= 4 is 0 Å². The fourth-order valence-electron chi connectivity index (χ4n) is 2.68. The van der Waals surface area contributed by atoms with Gasteiger partial charge in [0, 0.05) is 11.3 Å². The van der Waals surface area contributed by atoms with E-state index in [0.717, 1.165) is 23.3 Å². The molecular weight excluding hydrogens is 242 g/mol. The molecule has 2 rings (SSSR count). The molecule has 0 N–H and O–H groups in total. The molecule has 0 aliphatic heterocycles. The predicted molar refractivity (Wildman–Crippen MR) is 74.1 cm³/mol. The number of benzene rings is 1. The highest BCUT2D eigenvalue weighted by Crippen LogP contribution is 2.38. The number of rotatable bonds is 3. The van der Waals surface area contributed by atoms with Gasteiger partial charge in [0.2, 0.25) is 6.04 Å². The standard InChI is InChI=1S/C15H19NO3/c1-10-8-14(15(16(17)18)9-11(10)2)12-4-6-13(19-3)7-5-12/h4-7,14-15H,8-9H2,1-3H3/t14-,15+/m1/s1. The second-order valence-corrected chi connectivity index (χ2v) is 5.20. The Hall–Kier alpha value is -1.84. The molecule has 0 unspecified atom stereocenters. The molecule has 0 aromatic heterocycles. The fourth-order valence-corrected chi connectivity index (χ4v) is 2.68. The van der Waals surface area contributed by atoms with E-state index in [0.29, 0.717) is 6.42 Å². The second-order valence-electron chi connectivity index (χ2n) is 5.20. The van der Waals surface area contributed by atoms with Gasteiger partial charge >= 0.3 is 0 Å². The summed E-state index contributed by atoms with van der Waals surface area (Å²) in [6, 6.07) is 7.10. The van der Waals surface area contributed by atoms with Crippen LogP contribution in [0.2, 0.25) is 0 Å². The number of nitrogens with zero attached hydrogens (tertiary/aromatic N) is 1. The summed E-state index contributed by atoms with van der Waals surface area (Å²) in [7, 11) is 1.62. The Morgan fingerprint density at radius 1 is 1.16 bits per heavy atom. The Balaban J connectivity index is 2.32. The van der Waals surface area contributed by atoms with Crippen LogP contribution in [0, 0.1) is 10.1 Å². The quantitative estimate of drug-likeness (QED) is 0.475. The summed E-state index contributed by atoms with van der Waals surface area (Å²) in [5.41, 5.74) is 3.46. The van der Waals surface area contributed by atoms with Crippen LogP contribution in [0.5, 0.6) is 5.75 Å². The number of methoxy groups -OCH3 is 1. The van der Waals surface area contributed by atoms with Crippen LogP contribution in [-0.2, 0) is 0 Å². The first-order valence-electron chi connectivity index (χ1n) is 6.45. The van der Waals surface area contributed by atoms with Crippen LogP contribution in [0.25, 0.3) is 0 Å². The third kappa shape index (κ3) is 2.78. The second kappa shape index (κ2) is 5.43. The van der Waals surface area contributed by atoms with Gasteiger partial charge in [-0.25, -0.2) is 0 Å². The minimum absolute atomic E-state index is 0.0374. The summed E-state index contributed by atoms with van der Waals surface area (Å²) >= 11 is 0. The number of nitro groups is 1. The molecule has 19 heavy (non-hydrogen) atoms. The smallest absolute Gasteiger partial charge is 0.223 e. The summed E-state index contributed by atoms with van der Waals surface area (Å²) in [5.74, 6) is 0.741. The van der Waals surface area contributed by atoms with Crippen molar-refractivity contribution in [2.24, 2.45) is 0 Å². The lowest BCUT2D eigenvalue weighted by atomic mass is 9.77. The van der Waals surface area contributed by atoms with Crippen LogP contribution in [-0.4, -0.2) is 18.1 Å². The van der Waals surface area contributed by atoms with E-state index >= 15 is 0 Å². The molecule has 1 aromatic carbocycles. The minimum atomic E-state index is -0.517. The molecule has 0 heterocycles. The van der Waals surface area contributed by atoms with Crippen molar-refractivity contribution in [2.45, 2.75) is 38.6 Å². The average molecular weight is 261 g/mol. The highest BCUT2D eigenvalue weighted by atomic mass is 16.6. The van der Waals surface area contributed by atoms with E-state index in [1.807, 2.05) is 31.2 Å². The van der Waals surface area contributed by atoms with E-state index in [1.54, 1.807) is 7.11 Å². The monoisotopic (exact) mass is 261 g/mol. The molecule has 0 saturated carbocycles. The van der Waals surface area contributed by atoms with Gasteiger partial charge in [-0.2, -0.15) is 0 Å². The van der Waals surface area contributed by atoms with Gasteiger partial charge in [-0.3, -0.25) is 10.1 Å². The van der Waals surface area contributed by atoms with Crippen molar-refractivity contribution in [1.82, 2.24) is 0 Å². The fraction of sp³-hybridized carbons (Fsp3) is 0.467. The van der Waals surface area contributed by atoms with Crippen LogP contribution < -0.4 is 4.74 Å². The molecule has 0 spiro atoms. The van der Waals surface area contributed by atoms with Gasteiger partial charge in [0.1, 0.15) is 5.75 Å². The maximum Gasteiger partial charge on any atom is 0.223 e. The molecule has 1 aromatic rings. The molecule has 4 heteroatoms. The van der Waals surface area contributed by atoms with Crippen LogP contribution in [0.4, 0.5) is 0 Å². The summed E-state index contributed by atoms with van der Waals surface area (Å²) in [5, 5.41) is 11.3. The molecule has 0 fully saturated rings. The summed E-state index contributed by atoms with van der Waals surface area (Å²) in [6.45, 7) is 4.07. The molecule has 0 bridgehead atoms. The highest BCUT2D eigenvalue weighted by molar-refractivity contribution is 5.33. The van der Waals surface area contributed by atoms with Crippen molar-refractivity contribution in [1.29, 1.82) is 0 Å². The third-order valence-corrected chi connectivity index (χ3v) is 4.05. The van der Waals surface area contributed by atoms with Gasteiger partial charge in [0.05, 0.1) is 13.0 Å². The summed E-state index contributed by atoms with van der Waals surface area (Å²) < 4.78 is 5.13. The van der Waals surface area contributed by atoms with Crippen LogP contribution in [0.3, 0.4) is 0 Å². The molecule has 0 saturated heterocycles. The molecule has 2 atom stereocenters. The Kier molecular flexibility index (Phi) is 3.88. The highest BCUT2D eigenvalue weighted by Gasteiger charge is 2.36. The molecule has 4 nitrogen and oxygen atoms in total. The van der Waals surface area contributed by atoms with Gasteiger partial charge in [-0.1, -0.05) is 23.3 Å². The lowest BCUT2D eigenvalue weighted by Gasteiger charge is -2.27. The lowest BCUT2D eigenvalue weighted by Crippen LogP contribution is -2.31. The van der Waals surface area contributed by atoms with Crippen molar-refractivity contribution in [2.75, 3.05) is 7.11 Å². The summed E-state index contributed by atoms with van der Waals surface area (Å²) in [6.07, 6.45) is 1.32. The molecular formula is C15H19NO3. The molecule has 1 aliphatic carbocycles.